The topological polar surface area (TPSA) is 90.0 Å². The highest BCUT2D eigenvalue weighted by Crippen LogP contribution is 2.31. The van der Waals surface area contributed by atoms with E-state index >= 15 is 0 Å². The number of thiophene rings is 1. The Hall–Kier alpha value is -2.32. The number of aromatic nitrogens is 2. The van der Waals surface area contributed by atoms with Gasteiger partial charge in [-0.05, 0) is 18.9 Å². The number of thioether (sulfide) groups is 1. The van der Waals surface area contributed by atoms with Gasteiger partial charge in [0.15, 0.2) is 5.16 Å². The molecule has 0 unspecified atom stereocenters. The molecular formula is C19H22N4O2S2. The Morgan fingerprint density at radius 1 is 1.37 bits per heavy atom. The van der Waals surface area contributed by atoms with Gasteiger partial charge < -0.3 is 11.2 Å². The van der Waals surface area contributed by atoms with E-state index in [1.54, 1.807) is 0 Å². The third kappa shape index (κ3) is 4.33. The minimum absolute atomic E-state index is 0.0912. The lowest BCUT2D eigenvalue weighted by atomic mass is 10.1. The third-order valence-corrected chi connectivity index (χ3v) is 5.98. The average molecular weight is 403 g/mol. The van der Waals surface area contributed by atoms with Gasteiger partial charge in [0, 0.05) is 17.0 Å². The monoisotopic (exact) mass is 402 g/mol. The van der Waals surface area contributed by atoms with Gasteiger partial charge >= 0.3 is 0 Å². The van der Waals surface area contributed by atoms with Crippen LogP contribution in [0.4, 0.5) is 0 Å². The van der Waals surface area contributed by atoms with Crippen LogP contribution in [0.1, 0.15) is 26.7 Å². The number of hydrogen-bond acceptors (Lipinski definition) is 6. The van der Waals surface area contributed by atoms with Crippen LogP contribution in [0.25, 0.3) is 21.3 Å². The summed E-state index contributed by atoms with van der Waals surface area (Å²) >= 11 is 2.57. The number of amides is 1. The first-order valence-corrected chi connectivity index (χ1v) is 10.6. The second-order valence-electron chi connectivity index (χ2n) is 6.31. The summed E-state index contributed by atoms with van der Waals surface area (Å²) in [5, 5.41) is 5.71. The zero-order chi connectivity index (χ0) is 19.4. The van der Waals surface area contributed by atoms with E-state index in [4.69, 9.17) is 5.84 Å². The summed E-state index contributed by atoms with van der Waals surface area (Å²) in [7, 11) is 0. The first-order valence-electron chi connectivity index (χ1n) is 8.78. The predicted octanol–water partition coefficient (Wildman–Crippen LogP) is 3.24. The molecule has 8 heteroatoms. The van der Waals surface area contributed by atoms with Crippen LogP contribution in [-0.4, -0.2) is 27.4 Å². The fraction of sp³-hybridized carbons (Fsp3) is 0.316. The van der Waals surface area contributed by atoms with Crippen LogP contribution in [0.5, 0.6) is 0 Å². The van der Waals surface area contributed by atoms with Gasteiger partial charge in [0.25, 0.3) is 5.56 Å². The third-order valence-electron chi connectivity index (χ3n) is 4.15. The van der Waals surface area contributed by atoms with E-state index in [0.29, 0.717) is 15.4 Å². The Kier molecular flexibility index (Phi) is 6.18. The molecule has 0 spiro atoms. The van der Waals surface area contributed by atoms with Gasteiger partial charge in [-0.3, -0.25) is 9.59 Å². The SMILES string of the molecule is CCC[C@H](C)NC(=O)CSc1nc2scc(-c3ccccc3)c2c(=O)n1N. The standard InChI is InChI=1S/C19H22N4O2S2/c1-3-7-12(2)21-15(24)11-27-19-22-17-16(18(25)23(19)20)14(10-26-17)13-8-5-4-6-9-13/h4-6,8-10,12H,3,7,11,20H2,1-2H3,(H,21,24)/t12-/m0/s1. The molecule has 0 fully saturated rings. The molecule has 0 bridgehead atoms. The van der Waals surface area contributed by atoms with Gasteiger partial charge in [0.1, 0.15) is 4.83 Å². The molecule has 1 atom stereocenters. The molecule has 3 N–H and O–H groups in total. The highest BCUT2D eigenvalue weighted by molar-refractivity contribution is 7.99. The lowest BCUT2D eigenvalue weighted by Gasteiger charge is -2.12. The van der Waals surface area contributed by atoms with Crippen molar-refractivity contribution in [2.75, 3.05) is 11.6 Å². The van der Waals surface area contributed by atoms with Crippen LogP contribution in [0.3, 0.4) is 0 Å². The fourth-order valence-corrected chi connectivity index (χ4v) is 4.59. The van der Waals surface area contributed by atoms with Crippen molar-refractivity contribution >= 4 is 39.2 Å². The van der Waals surface area contributed by atoms with Crippen molar-refractivity contribution in [3.63, 3.8) is 0 Å². The lowest BCUT2D eigenvalue weighted by Crippen LogP contribution is -2.34. The molecule has 1 aromatic carbocycles. The Labute approximate surface area is 165 Å². The summed E-state index contributed by atoms with van der Waals surface area (Å²) in [4.78, 5) is 30.0. The largest absolute Gasteiger partial charge is 0.353 e. The van der Waals surface area contributed by atoms with Crippen molar-refractivity contribution in [1.29, 1.82) is 0 Å². The van der Waals surface area contributed by atoms with Gasteiger partial charge in [0.2, 0.25) is 5.91 Å². The van der Waals surface area contributed by atoms with Crippen molar-refractivity contribution < 1.29 is 4.79 Å². The number of benzene rings is 1. The van der Waals surface area contributed by atoms with Gasteiger partial charge in [0.05, 0.1) is 11.1 Å². The molecule has 0 aliphatic heterocycles. The molecule has 1 amide bonds. The minimum Gasteiger partial charge on any atom is -0.353 e. The van der Waals surface area contributed by atoms with E-state index in [1.807, 2.05) is 42.6 Å². The number of hydrogen-bond donors (Lipinski definition) is 2. The number of nitrogen functional groups attached to an aromatic ring is 1. The first kappa shape index (κ1) is 19.4. The molecule has 3 aromatic rings. The van der Waals surface area contributed by atoms with E-state index < -0.39 is 0 Å². The molecule has 0 aliphatic rings. The summed E-state index contributed by atoms with van der Waals surface area (Å²) in [6.07, 6.45) is 1.94. The van der Waals surface area contributed by atoms with Crippen molar-refractivity contribution in [3.05, 3.63) is 46.1 Å². The quantitative estimate of drug-likeness (QED) is 0.360. The van der Waals surface area contributed by atoms with Crippen LogP contribution in [-0.2, 0) is 4.79 Å². The highest BCUT2D eigenvalue weighted by Gasteiger charge is 2.17. The Bertz CT molecular complexity index is 998. The van der Waals surface area contributed by atoms with Gasteiger partial charge in [-0.1, -0.05) is 55.4 Å². The molecule has 3 rings (SSSR count). The minimum atomic E-state index is -0.303. The molecule has 27 heavy (non-hydrogen) atoms. The van der Waals surface area contributed by atoms with E-state index in [1.165, 1.54) is 23.1 Å². The zero-order valence-corrected chi connectivity index (χ0v) is 16.9. The van der Waals surface area contributed by atoms with Gasteiger partial charge in [-0.25, -0.2) is 9.66 Å². The maximum absolute atomic E-state index is 12.8. The Morgan fingerprint density at radius 3 is 2.81 bits per heavy atom. The van der Waals surface area contributed by atoms with Crippen molar-refractivity contribution in [3.8, 4) is 11.1 Å². The van der Waals surface area contributed by atoms with E-state index in [9.17, 15) is 9.59 Å². The summed E-state index contributed by atoms with van der Waals surface area (Å²) in [5.74, 6) is 6.06. The lowest BCUT2D eigenvalue weighted by molar-refractivity contribution is -0.119. The van der Waals surface area contributed by atoms with Crippen LogP contribution in [0.15, 0.2) is 45.7 Å². The van der Waals surface area contributed by atoms with Gasteiger partial charge in [-0.15, -0.1) is 11.3 Å². The second-order valence-corrected chi connectivity index (χ2v) is 8.11. The molecular weight excluding hydrogens is 380 g/mol. The van der Waals surface area contributed by atoms with Crippen molar-refractivity contribution in [1.82, 2.24) is 15.0 Å². The Morgan fingerprint density at radius 2 is 2.11 bits per heavy atom. The highest BCUT2D eigenvalue weighted by atomic mass is 32.2. The van der Waals surface area contributed by atoms with E-state index in [2.05, 4.69) is 17.2 Å². The summed E-state index contributed by atoms with van der Waals surface area (Å²) in [6.45, 7) is 4.06. The summed E-state index contributed by atoms with van der Waals surface area (Å²) < 4.78 is 1.04. The summed E-state index contributed by atoms with van der Waals surface area (Å²) in [5.41, 5.74) is 1.48. The average Bonchev–Trinajstić information content (AvgIpc) is 3.08. The van der Waals surface area contributed by atoms with E-state index in [-0.39, 0.29) is 23.3 Å². The van der Waals surface area contributed by atoms with Crippen LogP contribution >= 0.6 is 23.1 Å². The molecule has 0 saturated carbocycles. The number of nitrogens with one attached hydrogen (secondary N) is 1. The van der Waals surface area contributed by atoms with E-state index in [0.717, 1.165) is 28.6 Å². The van der Waals surface area contributed by atoms with Crippen molar-refractivity contribution in [2.45, 2.75) is 37.9 Å². The van der Waals surface area contributed by atoms with Crippen LogP contribution in [0.2, 0.25) is 0 Å². The molecule has 0 saturated heterocycles. The smallest absolute Gasteiger partial charge is 0.282 e. The first-order chi connectivity index (χ1) is 13.0. The number of nitrogens with zero attached hydrogens (tertiary/aromatic N) is 2. The molecule has 6 nitrogen and oxygen atoms in total. The van der Waals surface area contributed by atoms with Crippen LogP contribution < -0.4 is 16.7 Å². The summed E-state index contributed by atoms with van der Waals surface area (Å²) in [6, 6.07) is 9.81. The fourth-order valence-electron chi connectivity index (χ4n) is 2.87. The maximum Gasteiger partial charge on any atom is 0.282 e. The predicted molar refractivity (Wildman–Crippen MR) is 113 cm³/mol. The number of fused-ring (bicyclic) bond motifs is 1. The molecule has 0 radical (unpaired) electrons. The zero-order valence-electron chi connectivity index (χ0n) is 15.3. The number of carbonyl (C=O) groups is 1. The van der Waals surface area contributed by atoms with Gasteiger partial charge in [-0.2, -0.15) is 0 Å². The molecule has 2 heterocycles. The van der Waals surface area contributed by atoms with Crippen molar-refractivity contribution in [2.24, 2.45) is 0 Å². The molecule has 142 valence electrons. The second kappa shape index (κ2) is 8.58. The number of nitrogens with two attached hydrogens (primary N) is 1. The number of rotatable bonds is 7. The molecule has 0 aliphatic carbocycles. The molecule has 2 aromatic heterocycles. The Balaban J connectivity index is 1.84. The normalized spacial score (nSPS) is 12.2. The number of carbonyl (C=O) groups excluding carboxylic acids is 1. The van der Waals surface area contributed by atoms with Crippen LogP contribution in [0, 0.1) is 0 Å². The maximum atomic E-state index is 12.8.